The maximum absolute atomic E-state index is 12.4. The van der Waals surface area contributed by atoms with Gasteiger partial charge in [-0.2, -0.15) is 0 Å². The summed E-state index contributed by atoms with van der Waals surface area (Å²) >= 11 is 3.40. The lowest BCUT2D eigenvalue weighted by atomic mass is 9.64. The van der Waals surface area contributed by atoms with Gasteiger partial charge in [0.1, 0.15) is 0 Å². The van der Waals surface area contributed by atoms with Crippen molar-refractivity contribution >= 4 is 27.7 Å². The van der Waals surface area contributed by atoms with Crippen LogP contribution in [0.5, 0.6) is 0 Å². The van der Waals surface area contributed by atoms with Crippen molar-refractivity contribution in [3.63, 3.8) is 0 Å². The molecule has 0 radical (unpaired) electrons. The molecular weight excluding hydrogens is 320 g/mol. The molecule has 1 aromatic carbocycles. The minimum absolute atomic E-state index is 0.0441. The molecule has 0 saturated heterocycles. The molecule has 1 aliphatic rings. The highest BCUT2D eigenvalue weighted by Gasteiger charge is 2.45. The van der Waals surface area contributed by atoms with Gasteiger partial charge in [-0.25, -0.2) is 0 Å². The molecule has 1 saturated carbocycles. The number of halogens is 1. The lowest BCUT2D eigenvalue weighted by molar-refractivity contribution is -0.132. The second-order valence-electron chi connectivity index (χ2n) is 5.08. The van der Waals surface area contributed by atoms with Crippen molar-refractivity contribution in [3.05, 3.63) is 34.3 Å². The number of hydrogen-bond acceptors (Lipinski definition) is 2. The second-order valence-corrected chi connectivity index (χ2v) is 5.99. The fraction of sp³-hybridized carbons (Fsp3) is 0.467. The number of carbonyl (C=O) groups is 2. The lowest BCUT2D eigenvalue weighted by Gasteiger charge is -2.40. The summed E-state index contributed by atoms with van der Waals surface area (Å²) in [7, 11) is 0. The van der Waals surface area contributed by atoms with Crippen molar-refractivity contribution in [3.8, 4) is 0 Å². The standard InChI is InChI=1S/C15H19BrN2O2/c1-2-17-13(19)10-18-14(20)15(8-3-9-15)11-4-6-12(16)7-5-11/h4-7H,2-3,8-10H2,1H3,(H,17,19)(H,18,20). The van der Waals surface area contributed by atoms with E-state index in [2.05, 4.69) is 26.6 Å². The third-order valence-electron chi connectivity index (χ3n) is 3.82. The van der Waals surface area contributed by atoms with E-state index in [-0.39, 0.29) is 18.4 Å². The zero-order chi connectivity index (χ0) is 14.6. The van der Waals surface area contributed by atoms with Gasteiger partial charge in [0.05, 0.1) is 12.0 Å². The molecule has 5 heteroatoms. The molecule has 0 aromatic heterocycles. The maximum atomic E-state index is 12.4. The van der Waals surface area contributed by atoms with E-state index in [0.29, 0.717) is 6.54 Å². The Morgan fingerprint density at radius 3 is 2.35 bits per heavy atom. The molecule has 20 heavy (non-hydrogen) atoms. The SMILES string of the molecule is CCNC(=O)CNC(=O)C1(c2ccc(Br)cc2)CCC1. The average Bonchev–Trinajstić information content (AvgIpc) is 2.38. The monoisotopic (exact) mass is 338 g/mol. The number of carbonyl (C=O) groups excluding carboxylic acids is 2. The van der Waals surface area contributed by atoms with Gasteiger partial charge >= 0.3 is 0 Å². The molecule has 2 rings (SSSR count). The van der Waals surface area contributed by atoms with Crippen LogP contribution in [0.15, 0.2) is 28.7 Å². The number of likely N-dealkylation sites (N-methyl/N-ethyl adjacent to an activating group) is 1. The van der Waals surface area contributed by atoms with Gasteiger partial charge in [0.2, 0.25) is 11.8 Å². The Morgan fingerprint density at radius 2 is 1.85 bits per heavy atom. The number of benzene rings is 1. The highest BCUT2D eigenvalue weighted by atomic mass is 79.9. The Labute approximate surface area is 127 Å². The van der Waals surface area contributed by atoms with Crippen LogP contribution in [-0.4, -0.2) is 24.9 Å². The first kappa shape index (κ1) is 15.0. The summed E-state index contributed by atoms with van der Waals surface area (Å²) in [5.41, 5.74) is 0.577. The van der Waals surface area contributed by atoms with Gasteiger partial charge in [0, 0.05) is 11.0 Å². The van der Waals surface area contributed by atoms with Crippen LogP contribution in [0.3, 0.4) is 0 Å². The molecule has 108 valence electrons. The quantitative estimate of drug-likeness (QED) is 0.863. The molecular formula is C15H19BrN2O2. The van der Waals surface area contributed by atoms with E-state index in [0.717, 1.165) is 29.3 Å². The summed E-state index contributed by atoms with van der Waals surface area (Å²) in [5.74, 6) is -0.191. The molecule has 0 bridgehead atoms. The van der Waals surface area contributed by atoms with Gasteiger partial charge in [-0.05, 0) is 37.5 Å². The van der Waals surface area contributed by atoms with Crippen molar-refractivity contribution in [1.82, 2.24) is 10.6 Å². The molecule has 0 heterocycles. The average molecular weight is 339 g/mol. The first-order chi connectivity index (χ1) is 9.58. The van der Waals surface area contributed by atoms with Crippen LogP contribution in [0.2, 0.25) is 0 Å². The fourth-order valence-electron chi connectivity index (χ4n) is 2.54. The maximum Gasteiger partial charge on any atom is 0.239 e. The molecule has 2 N–H and O–H groups in total. The van der Waals surface area contributed by atoms with Crippen molar-refractivity contribution in [2.45, 2.75) is 31.6 Å². The van der Waals surface area contributed by atoms with Crippen molar-refractivity contribution in [2.75, 3.05) is 13.1 Å². The number of hydrogen-bond donors (Lipinski definition) is 2. The first-order valence-electron chi connectivity index (χ1n) is 6.89. The molecule has 1 fully saturated rings. The Morgan fingerprint density at radius 1 is 1.20 bits per heavy atom. The van der Waals surface area contributed by atoms with Crippen LogP contribution < -0.4 is 10.6 Å². The van der Waals surface area contributed by atoms with E-state index < -0.39 is 5.41 Å². The van der Waals surface area contributed by atoms with Gasteiger partial charge in [0.15, 0.2) is 0 Å². The van der Waals surface area contributed by atoms with Crippen LogP contribution in [0.1, 0.15) is 31.7 Å². The summed E-state index contributed by atoms with van der Waals surface area (Å²) in [6, 6.07) is 7.86. The number of rotatable bonds is 5. The van der Waals surface area contributed by atoms with E-state index in [1.54, 1.807) is 0 Å². The molecule has 1 aliphatic carbocycles. The van der Waals surface area contributed by atoms with Crippen LogP contribution in [-0.2, 0) is 15.0 Å². The van der Waals surface area contributed by atoms with Crippen LogP contribution in [0.25, 0.3) is 0 Å². The predicted molar refractivity (Wildman–Crippen MR) is 81.4 cm³/mol. The molecule has 0 atom stereocenters. The van der Waals surface area contributed by atoms with Crippen LogP contribution in [0.4, 0.5) is 0 Å². The fourth-order valence-corrected chi connectivity index (χ4v) is 2.80. The van der Waals surface area contributed by atoms with E-state index in [4.69, 9.17) is 0 Å². The largest absolute Gasteiger partial charge is 0.355 e. The molecule has 0 aliphatic heterocycles. The third-order valence-corrected chi connectivity index (χ3v) is 4.35. The molecule has 0 spiro atoms. The van der Waals surface area contributed by atoms with Gasteiger partial charge in [0.25, 0.3) is 0 Å². The molecule has 0 unspecified atom stereocenters. The zero-order valence-electron chi connectivity index (χ0n) is 11.5. The molecule has 2 amide bonds. The van der Waals surface area contributed by atoms with Gasteiger partial charge < -0.3 is 10.6 Å². The van der Waals surface area contributed by atoms with Gasteiger partial charge in [-0.15, -0.1) is 0 Å². The Bertz CT molecular complexity index is 495. The van der Waals surface area contributed by atoms with E-state index in [1.807, 2.05) is 31.2 Å². The summed E-state index contributed by atoms with van der Waals surface area (Å²) in [4.78, 5) is 23.9. The van der Waals surface area contributed by atoms with Crippen LogP contribution >= 0.6 is 15.9 Å². The Hall–Kier alpha value is -1.36. The normalized spacial score (nSPS) is 16.1. The topological polar surface area (TPSA) is 58.2 Å². The number of nitrogens with one attached hydrogen (secondary N) is 2. The van der Waals surface area contributed by atoms with Crippen LogP contribution in [0, 0.1) is 0 Å². The van der Waals surface area contributed by atoms with Crippen molar-refractivity contribution in [1.29, 1.82) is 0 Å². The van der Waals surface area contributed by atoms with Crippen molar-refractivity contribution in [2.24, 2.45) is 0 Å². The predicted octanol–water partition coefficient (Wildman–Crippen LogP) is 2.12. The van der Waals surface area contributed by atoms with E-state index >= 15 is 0 Å². The van der Waals surface area contributed by atoms with Gasteiger partial charge in [-0.1, -0.05) is 34.5 Å². The molecule has 4 nitrogen and oxygen atoms in total. The van der Waals surface area contributed by atoms with E-state index in [9.17, 15) is 9.59 Å². The van der Waals surface area contributed by atoms with E-state index in [1.165, 1.54) is 0 Å². The summed E-state index contributed by atoms with van der Waals surface area (Å²) in [6.45, 7) is 2.48. The summed E-state index contributed by atoms with van der Waals surface area (Å²) in [5, 5.41) is 5.44. The Kier molecular flexibility index (Phi) is 4.81. The highest BCUT2D eigenvalue weighted by Crippen LogP contribution is 2.44. The minimum atomic E-state index is -0.451. The van der Waals surface area contributed by atoms with Gasteiger partial charge in [-0.3, -0.25) is 9.59 Å². The summed E-state index contributed by atoms with van der Waals surface area (Å²) in [6.07, 6.45) is 2.73. The smallest absolute Gasteiger partial charge is 0.239 e. The lowest BCUT2D eigenvalue weighted by Crippen LogP contribution is -2.51. The zero-order valence-corrected chi connectivity index (χ0v) is 13.1. The third kappa shape index (κ3) is 3.03. The highest BCUT2D eigenvalue weighted by molar-refractivity contribution is 9.10. The minimum Gasteiger partial charge on any atom is -0.355 e. The Balaban J connectivity index is 2.05. The van der Waals surface area contributed by atoms with Crippen molar-refractivity contribution < 1.29 is 9.59 Å². The number of amides is 2. The summed E-state index contributed by atoms with van der Waals surface area (Å²) < 4.78 is 0.999. The second kappa shape index (κ2) is 6.39. The molecule has 1 aromatic rings. The first-order valence-corrected chi connectivity index (χ1v) is 7.69.